The molecule has 7 nitrogen and oxygen atoms in total. The Hall–Kier alpha value is -3.31. The summed E-state index contributed by atoms with van der Waals surface area (Å²) in [5, 5.41) is 5.09. The summed E-state index contributed by atoms with van der Waals surface area (Å²) in [6, 6.07) is 12.6. The molecule has 146 valence electrons. The van der Waals surface area contributed by atoms with E-state index in [4.69, 9.17) is 6.42 Å². The Morgan fingerprint density at radius 1 is 1.04 bits per heavy atom. The lowest BCUT2D eigenvalue weighted by molar-refractivity contribution is -0.120. The van der Waals surface area contributed by atoms with Gasteiger partial charge in [-0.05, 0) is 42.8 Å². The maximum atomic E-state index is 12.5. The Kier molecular flexibility index (Phi) is 7.18. The molecule has 0 spiro atoms. The Bertz CT molecular complexity index is 993. The fraction of sp³-hybridized carbons (Fsp3) is 0.200. The molecule has 0 aromatic heterocycles. The highest BCUT2D eigenvalue weighted by Crippen LogP contribution is 2.19. The van der Waals surface area contributed by atoms with E-state index in [1.165, 1.54) is 24.3 Å². The van der Waals surface area contributed by atoms with Crippen molar-refractivity contribution in [2.45, 2.75) is 18.2 Å². The molecular formula is C20H21N3O4S. The minimum atomic E-state index is -3.77. The highest BCUT2D eigenvalue weighted by molar-refractivity contribution is 7.92. The minimum absolute atomic E-state index is 0.0426. The van der Waals surface area contributed by atoms with Crippen molar-refractivity contribution in [3.05, 3.63) is 59.7 Å². The van der Waals surface area contributed by atoms with E-state index in [2.05, 4.69) is 21.3 Å². The molecule has 0 aliphatic rings. The van der Waals surface area contributed by atoms with E-state index in [-0.39, 0.29) is 30.3 Å². The first kappa shape index (κ1) is 21.0. The van der Waals surface area contributed by atoms with Crippen LogP contribution >= 0.6 is 0 Å². The van der Waals surface area contributed by atoms with Gasteiger partial charge in [-0.2, -0.15) is 0 Å². The summed E-state index contributed by atoms with van der Waals surface area (Å²) in [7, 11) is -3.77. The van der Waals surface area contributed by atoms with Crippen molar-refractivity contribution in [2.24, 2.45) is 0 Å². The topological polar surface area (TPSA) is 104 Å². The summed E-state index contributed by atoms with van der Waals surface area (Å²) in [6.07, 6.45) is 5.14. The molecule has 0 bridgehead atoms. The van der Waals surface area contributed by atoms with Crippen LogP contribution in [0.3, 0.4) is 0 Å². The third-order valence-electron chi connectivity index (χ3n) is 3.84. The average molecular weight is 399 g/mol. The van der Waals surface area contributed by atoms with Gasteiger partial charge in [0.2, 0.25) is 5.91 Å². The predicted molar refractivity (Wildman–Crippen MR) is 107 cm³/mol. The Morgan fingerprint density at radius 2 is 1.71 bits per heavy atom. The molecule has 2 amide bonds. The second-order valence-electron chi connectivity index (χ2n) is 5.93. The fourth-order valence-electron chi connectivity index (χ4n) is 2.31. The maximum Gasteiger partial charge on any atom is 0.261 e. The molecule has 2 aromatic carbocycles. The normalized spacial score (nSPS) is 10.6. The molecule has 0 fully saturated rings. The van der Waals surface area contributed by atoms with E-state index in [9.17, 15) is 18.0 Å². The van der Waals surface area contributed by atoms with Gasteiger partial charge in [0.25, 0.3) is 15.9 Å². The first-order valence-corrected chi connectivity index (χ1v) is 9.98. The third-order valence-corrected chi connectivity index (χ3v) is 5.22. The van der Waals surface area contributed by atoms with Crippen LogP contribution in [0.2, 0.25) is 0 Å². The number of rotatable bonds is 8. The molecule has 8 heteroatoms. The largest absolute Gasteiger partial charge is 0.352 e. The third kappa shape index (κ3) is 5.86. The predicted octanol–water partition coefficient (Wildman–Crippen LogP) is 1.67. The Labute approximate surface area is 164 Å². The number of nitrogens with one attached hydrogen (secondary N) is 3. The first-order valence-electron chi connectivity index (χ1n) is 8.50. The molecule has 2 aromatic rings. The number of aryl methyl sites for hydroxylation is 1. The van der Waals surface area contributed by atoms with Crippen molar-refractivity contribution in [3.63, 3.8) is 0 Å². The lowest BCUT2D eigenvalue weighted by Gasteiger charge is -2.11. The Morgan fingerprint density at radius 3 is 2.36 bits per heavy atom. The maximum absolute atomic E-state index is 12.5. The van der Waals surface area contributed by atoms with E-state index in [0.717, 1.165) is 5.56 Å². The molecule has 0 aliphatic heterocycles. The molecule has 2 rings (SSSR count). The fourth-order valence-corrected chi connectivity index (χ4v) is 3.44. The van der Waals surface area contributed by atoms with Gasteiger partial charge in [-0.25, -0.2) is 8.42 Å². The van der Waals surface area contributed by atoms with E-state index in [1.807, 2.05) is 6.07 Å². The van der Waals surface area contributed by atoms with Gasteiger partial charge in [0.05, 0.1) is 17.1 Å². The van der Waals surface area contributed by atoms with Crippen LogP contribution in [0.5, 0.6) is 0 Å². The summed E-state index contributed by atoms with van der Waals surface area (Å²) in [4.78, 5) is 23.6. The number of para-hydroxylation sites is 1. The van der Waals surface area contributed by atoms with Crippen molar-refractivity contribution in [3.8, 4) is 12.3 Å². The van der Waals surface area contributed by atoms with E-state index >= 15 is 0 Å². The summed E-state index contributed by atoms with van der Waals surface area (Å²) < 4.78 is 27.5. The van der Waals surface area contributed by atoms with Crippen molar-refractivity contribution in [2.75, 3.05) is 17.8 Å². The number of carbonyl (C=O) groups is 2. The number of carbonyl (C=O) groups excluding carboxylic acids is 2. The standard InChI is InChI=1S/C20H21N3O4S/c1-3-13-21-19(24)12-14-22-20(25)16-8-10-17(11-9-16)28(26,27)23-18-7-5-4-6-15(18)2/h1,4-11,23H,12-14H2,2H3,(H,21,24)(H,22,25). The number of anilines is 1. The average Bonchev–Trinajstić information content (AvgIpc) is 2.68. The smallest absolute Gasteiger partial charge is 0.261 e. The number of terminal acetylenes is 1. The molecule has 0 saturated carbocycles. The van der Waals surface area contributed by atoms with Crippen LogP contribution in [-0.4, -0.2) is 33.3 Å². The number of hydrogen-bond donors (Lipinski definition) is 3. The van der Waals surface area contributed by atoms with Crippen LogP contribution in [0.15, 0.2) is 53.4 Å². The molecule has 28 heavy (non-hydrogen) atoms. The van der Waals surface area contributed by atoms with Crippen LogP contribution in [0.25, 0.3) is 0 Å². The first-order chi connectivity index (χ1) is 13.3. The Balaban J connectivity index is 1.97. The molecule has 0 aliphatic carbocycles. The van der Waals surface area contributed by atoms with Crippen LogP contribution in [0.4, 0.5) is 5.69 Å². The van der Waals surface area contributed by atoms with E-state index in [0.29, 0.717) is 11.3 Å². The quantitative estimate of drug-likeness (QED) is 0.587. The van der Waals surface area contributed by atoms with Gasteiger partial charge < -0.3 is 10.6 Å². The monoisotopic (exact) mass is 399 g/mol. The number of hydrogen-bond acceptors (Lipinski definition) is 4. The van der Waals surface area contributed by atoms with Crippen molar-refractivity contribution in [1.82, 2.24) is 10.6 Å². The van der Waals surface area contributed by atoms with Gasteiger partial charge in [-0.1, -0.05) is 24.1 Å². The zero-order chi connectivity index (χ0) is 20.6. The molecule has 0 saturated heterocycles. The van der Waals surface area contributed by atoms with Crippen LogP contribution in [0, 0.1) is 19.3 Å². The van der Waals surface area contributed by atoms with Gasteiger partial charge in [0.15, 0.2) is 0 Å². The highest BCUT2D eigenvalue weighted by atomic mass is 32.2. The van der Waals surface area contributed by atoms with Crippen LogP contribution < -0.4 is 15.4 Å². The molecule has 0 heterocycles. The number of benzene rings is 2. The summed E-state index contributed by atoms with van der Waals surface area (Å²) in [5.74, 6) is 1.62. The van der Waals surface area contributed by atoms with Crippen LogP contribution in [0.1, 0.15) is 22.3 Å². The number of sulfonamides is 1. The lowest BCUT2D eigenvalue weighted by atomic mass is 10.2. The van der Waals surface area contributed by atoms with Crippen molar-refractivity contribution in [1.29, 1.82) is 0 Å². The number of amides is 2. The van der Waals surface area contributed by atoms with Crippen molar-refractivity contribution < 1.29 is 18.0 Å². The zero-order valence-electron chi connectivity index (χ0n) is 15.4. The molecule has 0 atom stereocenters. The lowest BCUT2D eigenvalue weighted by Crippen LogP contribution is -2.30. The SMILES string of the molecule is C#CCNC(=O)CCNC(=O)c1ccc(S(=O)(=O)Nc2ccccc2C)cc1. The summed E-state index contributed by atoms with van der Waals surface area (Å²) in [5.41, 5.74) is 1.58. The van der Waals surface area contributed by atoms with Gasteiger partial charge in [0.1, 0.15) is 0 Å². The van der Waals surface area contributed by atoms with Crippen LogP contribution in [-0.2, 0) is 14.8 Å². The van der Waals surface area contributed by atoms with Gasteiger partial charge in [-0.15, -0.1) is 6.42 Å². The van der Waals surface area contributed by atoms with Gasteiger partial charge in [0, 0.05) is 18.5 Å². The zero-order valence-corrected chi connectivity index (χ0v) is 16.2. The van der Waals surface area contributed by atoms with Gasteiger partial charge in [-0.3, -0.25) is 14.3 Å². The minimum Gasteiger partial charge on any atom is -0.352 e. The van der Waals surface area contributed by atoms with Crippen molar-refractivity contribution >= 4 is 27.5 Å². The second kappa shape index (κ2) is 9.58. The second-order valence-corrected chi connectivity index (χ2v) is 7.61. The molecule has 0 unspecified atom stereocenters. The summed E-state index contributed by atoms with van der Waals surface area (Å²) >= 11 is 0. The molecular weight excluding hydrogens is 378 g/mol. The molecule has 0 radical (unpaired) electrons. The summed E-state index contributed by atoms with van der Waals surface area (Å²) in [6.45, 7) is 2.08. The van der Waals surface area contributed by atoms with Gasteiger partial charge >= 0.3 is 0 Å². The molecule has 3 N–H and O–H groups in total. The van der Waals surface area contributed by atoms with E-state index < -0.39 is 15.9 Å². The highest BCUT2D eigenvalue weighted by Gasteiger charge is 2.16. The van der Waals surface area contributed by atoms with E-state index in [1.54, 1.807) is 25.1 Å².